The third kappa shape index (κ3) is 2.56. The van der Waals surface area contributed by atoms with Gasteiger partial charge in [-0.3, -0.25) is 0 Å². The van der Waals surface area contributed by atoms with E-state index in [1.165, 1.54) is 0 Å². The summed E-state index contributed by atoms with van der Waals surface area (Å²) in [5.41, 5.74) is 0. The van der Waals surface area contributed by atoms with Crippen LogP contribution in [0.5, 0.6) is 0 Å². The van der Waals surface area contributed by atoms with Crippen molar-refractivity contribution >= 4 is 17.5 Å². The summed E-state index contributed by atoms with van der Waals surface area (Å²) in [6, 6.07) is 1.65. The fourth-order valence-electron chi connectivity index (χ4n) is 1.43. The molecule has 0 unspecified atom stereocenters. The number of nitrogens with one attached hydrogen (secondary N) is 1. The molecule has 0 aromatic carbocycles. The van der Waals surface area contributed by atoms with Crippen molar-refractivity contribution in [3.63, 3.8) is 0 Å². The maximum atomic E-state index is 5.72. The van der Waals surface area contributed by atoms with E-state index in [0.29, 0.717) is 11.1 Å². The maximum Gasteiger partial charge on any atom is 0.224 e. The molecule has 1 aliphatic rings. The van der Waals surface area contributed by atoms with Crippen LogP contribution in [0.15, 0.2) is 12.3 Å². The first kappa shape index (κ1) is 9.68. The molecule has 1 aromatic rings. The van der Waals surface area contributed by atoms with Gasteiger partial charge in [0.1, 0.15) is 5.15 Å². The molecule has 0 radical (unpaired) electrons. The molecule has 0 saturated carbocycles. The highest BCUT2D eigenvalue weighted by atomic mass is 35.5. The van der Waals surface area contributed by atoms with E-state index in [1.807, 2.05) is 0 Å². The molecule has 2 rings (SSSR count). The minimum absolute atomic E-state index is 0.289. The SMILES string of the molecule is Clc1ccnc(NC[C@H]2CCCO2)n1. The summed E-state index contributed by atoms with van der Waals surface area (Å²) in [7, 11) is 0. The summed E-state index contributed by atoms with van der Waals surface area (Å²) in [6.07, 6.45) is 4.17. The third-order valence-corrected chi connectivity index (χ3v) is 2.34. The molecule has 5 heteroatoms. The van der Waals surface area contributed by atoms with Gasteiger partial charge in [0.15, 0.2) is 0 Å². The van der Waals surface area contributed by atoms with Crippen molar-refractivity contribution < 1.29 is 4.74 Å². The quantitative estimate of drug-likeness (QED) is 0.777. The molecule has 0 aliphatic carbocycles. The molecule has 1 fully saturated rings. The van der Waals surface area contributed by atoms with E-state index in [4.69, 9.17) is 16.3 Å². The molecule has 1 N–H and O–H groups in total. The summed E-state index contributed by atoms with van der Waals surface area (Å²) in [4.78, 5) is 8.06. The van der Waals surface area contributed by atoms with Gasteiger partial charge < -0.3 is 10.1 Å². The zero-order valence-electron chi connectivity index (χ0n) is 7.74. The lowest BCUT2D eigenvalue weighted by Crippen LogP contribution is -2.19. The Kier molecular flexibility index (Phi) is 3.16. The first-order valence-electron chi connectivity index (χ1n) is 4.68. The molecule has 1 atom stereocenters. The monoisotopic (exact) mass is 213 g/mol. The zero-order chi connectivity index (χ0) is 9.80. The van der Waals surface area contributed by atoms with E-state index in [0.717, 1.165) is 26.0 Å². The van der Waals surface area contributed by atoms with Crippen LogP contribution in [-0.2, 0) is 4.74 Å². The van der Waals surface area contributed by atoms with Crippen molar-refractivity contribution in [3.8, 4) is 0 Å². The molecule has 1 aromatic heterocycles. The average molecular weight is 214 g/mol. The number of ether oxygens (including phenoxy) is 1. The van der Waals surface area contributed by atoms with Crippen LogP contribution in [0, 0.1) is 0 Å². The van der Waals surface area contributed by atoms with Gasteiger partial charge in [-0.15, -0.1) is 0 Å². The first-order valence-corrected chi connectivity index (χ1v) is 5.06. The lowest BCUT2D eigenvalue weighted by atomic mass is 10.2. The van der Waals surface area contributed by atoms with E-state index >= 15 is 0 Å². The summed E-state index contributed by atoms with van der Waals surface area (Å²) >= 11 is 5.72. The van der Waals surface area contributed by atoms with E-state index in [-0.39, 0.29) is 6.10 Å². The van der Waals surface area contributed by atoms with Crippen LogP contribution >= 0.6 is 11.6 Å². The van der Waals surface area contributed by atoms with Gasteiger partial charge in [-0.25, -0.2) is 9.97 Å². The van der Waals surface area contributed by atoms with Gasteiger partial charge in [-0.1, -0.05) is 11.6 Å². The van der Waals surface area contributed by atoms with Gasteiger partial charge in [0.05, 0.1) is 6.10 Å². The summed E-state index contributed by atoms with van der Waals surface area (Å²) in [6.45, 7) is 1.61. The Morgan fingerprint density at radius 2 is 2.57 bits per heavy atom. The largest absolute Gasteiger partial charge is 0.376 e. The van der Waals surface area contributed by atoms with Gasteiger partial charge in [0, 0.05) is 19.3 Å². The molecule has 4 nitrogen and oxygen atoms in total. The van der Waals surface area contributed by atoms with Crippen molar-refractivity contribution in [1.29, 1.82) is 0 Å². The predicted octanol–water partition coefficient (Wildman–Crippen LogP) is 1.72. The van der Waals surface area contributed by atoms with Gasteiger partial charge in [0.25, 0.3) is 0 Å². The lowest BCUT2D eigenvalue weighted by Gasteiger charge is -2.10. The summed E-state index contributed by atoms with van der Waals surface area (Å²) in [5, 5.41) is 3.55. The minimum atomic E-state index is 0.289. The van der Waals surface area contributed by atoms with Crippen LogP contribution in [0.1, 0.15) is 12.8 Å². The molecule has 1 saturated heterocycles. The summed E-state index contributed by atoms with van der Waals surface area (Å²) < 4.78 is 5.45. The Bertz CT molecular complexity index is 302. The van der Waals surface area contributed by atoms with Crippen molar-refractivity contribution in [3.05, 3.63) is 17.4 Å². The molecule has 76 valence electrons. The Balaban J connectivity index is 1.85. The van der Waals surface area contributed by atoms with Crippen molar-refractivity contribution in [1.82, 2.24) is 9.97 Å². The van der Waals surface area contributed by atoms with Crippen molar-refractivity contribution in [2.24, 2.45) is 0 Å². The van der Waals surface area contributed by atoms with Crippen LogP contribution < -0.4 is 5.32 Å². The number of anilines is 1. The molecule has 14 heavy (non-hydrogen) atoms. The highest BCUT2D eigenvalue weighted by Crippen LogP contribution is 2.12. The molecule has 2 heterocycles. The Hall–Kier alpha value is -0.870. The lowest BCUT2D eigenvalue weighted by molar-refractivity contribution is 0.120. The van der Waals surface area contributed by atoms with Gasteiger partial charge in [-0.2, -0.15) is 0 Å². The topological polar surface area (TPSA) is 47.0 Å². The number of rotatable bonds is 3. The highest BCUT2D eigenvalue weighted by molar-refractivity contribution is 6.29. The van der Waals surface area contributed by atoms with E-state index in [2.05, 4.69) is 15.3 Å². The number of nitrogens with zero attached hydrogens (tertiary/aromatic N) is 2. The van der Waals surface area contributed by atoms with Crippen molar-refractivity contribution in [2.75, 3.05) is 18.5 Å². The second-order valence-electron chi connectivity index (χ2n) is 3.22. The standard InChI is InChI=1S/C9H12ClN3O/c10-8-3-4-11-9(13-8)12-6-7-2-1-5-14-7/h3-4,7H,1-2,5-6H2,(H,11,12,13)/t7-/m1/s1. The molecular formula is C9H12ClN3O. The van der Waals surface area contributed by atoms with Gasteiger partial charge in [-0.05, 0) is 18.9 Å². The summed E-state index contributed by atoms with van der Waals surface area (Å²) in [5.74, 6) is 0.563. The molecular weight excluding hydrogens is 202 g/mol. The predicted molar refractivity (Wildman–Crippen MR) is 54.5 cm³/mol. The second-order valence-corrected chi connectivity index (χ2v) is 3.61. The van der Waals surface area contributed by atoms with Gasteiger partial charge >= 0.3 is 0 Å². The van der Waals surface area contributed by atoms with Gasteiger partial charge in [0.2, 0.25) is 5.95 Å². The Morgan fingerprint density at radius 3 is 3.29 bits per heavy atom. The number of halogens is 1. The Labute approximate surface area is 87.7 Å². The maximum absolute atomic E-state index is 5.72. The molecule has 0 amide bonds. The Morgan fingerprint density at radius 1 is 1.64 bits per heavy atom. The number of hydrogen-bond donors (Lipinski definition) is 1. The first-order chi connectivity index (χ1) is 6.84. The minimum Gasteiger partial charge on any atom is -0.376 e. The van der Waals surface area contributed by atoms with E-state index in [1.54, 1.807) is 12.3 Å². The molecule has 0 spiro atoms. The highest BCUT2D eigenvalue weighted by Gasteiger charge is 2.15. The second kappa shape index (κ2) is 4.57. The van der Waals surface area contributed by atoms with Crippen LogP contribution in [0.2, 0.25) is 5.15 Å². The van der Waals surface area contributed by atoms with Crippen LogP contribution in [0.4, 0.5) is 5.95 Å². The number of aromatic nitrogens is 2. The molecule has 1 aliphatic heterocycles. The normalized spacial score (nSPS) is 21.1. The van der Waals surface area contributed by atoms with Crippen LogP contribution in [-0.4, -0.2) is 29.2 Å². The molecule has 0 bridgehead atoms. The fourth-order valence-corrected chi connectivity index (χ4v) is 1.57. The number of hydrogen-bond acceptors (Lipinski definition) is 4. The fraction of sp³-hybridized carbons (Fsp3) is 0.556. The third-order valence-electron chi connectivity index (χ3n) is 2.13. The zero-order valence-corrected chi connectivity index (χ0v) is 8.50. The van der Waals surface area contributed by atoms with Crippen molar-refractivity contribution in [2.45, 2.75) is 18.9 Å². The van der Waals surface area contributed by atoms with Crippen LogP contribution in [0.3, 0.4) is 0 Å². The van der Waals surface area contributed by atoms with Crippen LogP contribution in [0.25, 0.3) is 0 Å². The van der Waals surface area contributed by atoms with E-state index < -0.39 is 0 Å². The average Bonchev–Trinajstić information content (AvgIpc) is 2.67. The smallest absolute Gasteiger partial charge is 0.224 e. The van der Waals surface area contributed by atoms with E-state index in [9.17, 15) is 0 Å².